The molecule has 0 N–H and O–H groups in total. The average Bonchev–Trinajstić information content (AvgIpc) is 3.71. The topological polar surface area (TPSA) is 3.24 Å². The molecule has 9 rings (SSSR count). The molecule has 0 saturated heterocycles. The molecule has 0 aliphatic heterocycles. The molecular formula is C52H53NS. The highest BCUT2D eigenvalue weighted by Crippen LogP contribution is 2.56. The molecule has 0 saturated carbocycles. The molecule has 54 heavy (non-hydrogen) atoms. The van der Waals surface area contributed by atoms with Crippen molar-refractivity contribution >= 4 is 48.6 Å². The number of rotatable bonds is 5. The van der Waals surface area contributed by atoms with E-state index >= 15 is 0 Å². The van der Waals surface area contributed by atoms with Crippen LogP contribution in [0.4, 0.5) is 17.1 Å². The summed E-state index contributed by atoms with van der Waals surface area (Å²) in [6.45, 7) is 26.0. The van der Waals surface area contributed by atoms with Gasteiger partial charge in [0.25, 0.3) is 0 Å². The summed E-state index contributed by atoms with van der Waals surface area (Å²) in [5, 5.41) is 2.73. The molecule has 0 bridgehead atoms. The van der Waals surface area contributed by atoms with Crippen LogP contribution in [0.15, 0.2) is 109 Å². The summed E-state index contributed by atoms with van der Waals surface area (Å²) in [7, 11) is 0. The third-order valence-electron chi connectivity index (χ3n) is 12.7. The fourth-order valence-corrected chi connectivity index (χ4v) is 11.1. The predicted molar refractivity (Wildman–Crippen MR) is 236 cm³/mol. The summed E-state index contributed by atoms with van der Waals surface area (Å²) < 4.78 is 2.76. The van der Waals surface area contributed by atoms with Gasteiger partial charge in [-0.05, 0) is 115 Å². The van der Waals surface area contributed by atoms with E-state index in [9.17, 15) is 0 Å². The molecule has 1 heterocycles. The SMILES string of the molecule is CC(C)c1cc(C(C)C)c2sc3c(N(c4ccc5c(c4)C(C)(C)c4ccccc4-5)c4ccc5c(c4)C(C)(C)c4cccc(C(C)(C)C)c4-5)cccc3c2c1. The van der Waals surface area contributed by atoms with Gasteiger partial charge in [0.1, 0.15) is 0 Å². The van der Waals surface area contributed by atoms with Crippen LogP contribution in [-0.4, -0.2) is 0 Å². The monoisotopic (exact) mass is 723 g/mol. The Balaban J connectivity index is 1.32. The van der Waals surface area contributed by atoms with Crippen molar-refractivity contribution in [3.05, 3.63) is 148 Å². The fraction of sp³-hybridized carbons (Fsp3) is 0.308. The maximum absolute atomic E-state index is 2.57. The van der Waals surface area contributed by atoms with Crippen LogP contribution < -0.4 is 4.90 Å². The fourth-order valence-electron chi connectivity index (χ4n) is 9.67. The lowest BCUT2D eigenvalue weighted by molar-refractivity contribution is 0.589. The summed E-state index contributed by atoms with van der Waals surface area (Å²) in [4.78, 5) is 2.57. The number of nitrogens with zero attached hydrogens (tertiary/aromatic N) is 1. The third kappa shape index (κ3) is 5.02. The quantitative estimate of drug-likeness (QED) is 0.171. The van der Waals surface area contributed by atoms with Crippen molar-refractivity contribution in [1.29, 1.82) is 0 Å². The van der Waals surface area contributed by atoms with Gasteiger partial charge in [-0.25, -0.2) is 0 Å². The second kappa shape index (κ2) is 11.9. The first-order chi connectivity index (χ1) is 25.6. The molecule has 2 aliphatic rings. The lowest BCUT2D eigenvalue weighted by Crippen LogP contribution is -2.18. The van der Waals surface area contributed by atoms with E-state index in [1.165, 1.54) is 98.4 Å². The standard InChI is InChI=1S/C52H53NS/c1-30(2)32-26-39(31(3)4)48-40(27-32)37-17-14-21-46(49(37)54-48)53(33-22-24-36-35-16-12-13-18-41(35)51(8,9)44(36)28-33)34-23-25-38-45(29-34)52(10,11)43-20-15-19-42(47(38)43)50(5,6)7/h12-31H,1-11H3. The number of anilines is 3. The largest absolute Gasteiger partial charge is 0.309 e. The van der Waals surface area contributed by atoms with Crippen LogP contribution >= 0.6 is 11.3 Å². The van der Waals surface area contributed by atoms with Crippen LogP contribution in [0.25, 0.3) is 42.4 Å². The van der Waals surface area contributed by atoms with Crippen molar-refractivity contribution in [2.45, 2.75) is 104 Å². The number of benzene rings is 6. The molecule has 0 fully saturated rings. The van der Waals surface area contributed by atoms with E-state index in [1.54, 1.807) is 0 Å². The molecule has 7 aromatic rings. The Morgan fingerprint density at radius 2 is 1.15 bits per heavy atom. The second-order valence-electron chi connectivity index (χ2n) is 18.6. The Kier molecular flexibility index (Phi) is 7.74. The highest BCUT2D eigenvalue weighted by molar-refractivity contribution is 7.26. The Morgan fingerprint density at radius 3 is 1.83 bits per heavy atom. The first-order valence-electron chi connectivity index (χ1n) is 19.9. The minimum absolute atomic E-state index is 0.0453. The highest BCUT2D eigenvalue weighted by atomic mass is 32.1. The maximum Gasteiger partial charge on any atom is 0.0640 e. The van der Waals surface area contributed by atoms with Gasteiger partial charge in [-0.1, -0.05) is 149 Å². The van der Waals surface area contributed by atoms with Crippen LogP contribution in [0.3, 0.4) is 0 Å². The Hall–Kier alpha value is -4.66. The van der Waals surface area contributed by atoms with E-state index in [0.717, 1.165) is 0 Å². The Bertz CT molecular complexity index is 2650. The van der Waals surface area contributed by atoms with Crippen molar-refractivity contribution < 1.29 is 0 Å². The lowest BCUT2D eigenvalue weighted by atomic mass is 9.79. The summed E-state index contributed by atoms with van der Waals surface area (Å²) in [5.74, 6) is 0.913. The minimum atomic E-state index is -0.127. The van der Waals surface area contributed by atoms with Gasteiger partial charge in [0.2, 0.25) is 0 Å². The lowest BCUT2D eigenvalue weighted by Gasteiger charge is -2.30. The number of fused-ring (bicyclic) bond motifs is 9. The highest BCUT2D eigenvalue weighted by Gasteiger charge is 2.40. The summed E-state index contributed by atoms with van der Waals surface area (Å²) in [6, 6.07) is 42.4. The second-order valence-corrected chi connectivity index (χ2v) is 19.6. The molecule has 0 spiro atoms. The van der Waals surface area contributed by atoms with Crippen LogP contribution in [0, 0.1) is 0 Å². The molecule has 1 nitrogen and oxygen atoms in total. The average molecular weight is 724 g/mol. The van der Waals surface area contributed by atoms with Gasteiger partial charge in [0, 0.05) is 37.7 Å². The summed E-state index contributed by atoms with van der Waals surface area (Å²) in [6.07, 6.45) is 0. The van der Waals surface area contributed by atoms with Gasteiger partial charge in [0.05, 0.1) is 10.4 Å². The van der Waals surface area contributed by atoms with Crippen molar-refractivity contribution in [3.8, 4) is 22.3 Å². The molecule has 0 unspecified atom stereocenters. The van der Waals surface area contributed by atoms with Gasteiger partial charge < -0.3 is 4.90 Å². The Labute approximate surface area is 326 Å². The smallest absolute Gasteiger partial charge is 0.0640 e. The van der Waals surface area contributed by atoms with E-state index in [4.69, 9.17) is 0 Å². The molecule has 272 valence electrons. The van der Waals surface area contributed by atoms with E-state index in [1.807, 2.05) is 11.3 Å². The van der Waals surface area contributed by atoms with E-state index in [2.05, 4.69) is 190 Å². The van der Waals surface area contributed by atoms with Crippen LogP contribution in [0.2, 0.25) is 0 Å². The number of hydrogen-bond donors (Lipinski definition) is 0. The zero-order valence-corrected chi connectivity index (χ0v) is 34.7. The minimum Gasteiger partial charge on any atom is -0.309 e. The van der Waals surface area contributed by atoms with E-state index in [-0.39, 0.29) is 16.2 Å². The van der Waals surface area contributed by atoms with Gasteiger partial charge in [0.15, 0.2) is 0 Å². The molecule has 2 aliphatic carbocycles. The molecule has 2 heteroatoms. The normalized spacial score (nSPS) is 15.2. The number of hydrogen-bond acceptors (Lipinski definition) is 2. The molecule has 0 amide bonds. The van der Waals surface area contributed by atoms with Gasteiger partial charge >= 0.3 is 0 Å². The van der Waals surface area contributed by atoms with Crippen LogP contribution in [0.5, 0.6) is 0 Å². The zero-order chi connectivity index (χ0) is 38.1. The van der Waals surface area contributed by atoms with E-state index in [0.29, 0.717) is 11.8 Å². The van der Waals surface area contributed by atoms with Crippen LogP contribution in [-0.2, 0) is 16.2 Å². The number of thiophene rings is 1. The van der Waals surface area contributed by atoms with Crippen molar-refractivity contribution in [3.63, 3.8) is 0 Å². The summed E-state index contributed by atoms with van der Waals surface area (Å²) in [5.41, 5.74) is 18.9. The molecule has 6 aromatic carbocycles. The molecule has 1 aromatic heterocycles. The third-order valence-corrected chi connectivity index (χ3v) is 14.0. The molecule has 0 radical (unpaired) electrons. The van der Waals surface area contributed by atoms with Crippen LogP contribution in [0.1, 0.15) is 127 Å². The molecular weight excluding hydrogens is 671 g/mol. The van der Waals surface area contributed by atoms with Gasteiger partial charge in [-0.2, -0.15) is 0 Å². The summed E-state index contributed by atoms with van der Waals surface area (Å²) >= 11 is 1.97. The predicted octanol–water partition coefficient (Wildman–Crippen LogP) is 15.7. The molecule has 0 atom stereocenters. The van der Waals surface area contributed by atoms with Crippen molar-refractivity contribution in [2.75, 3.05) is 4.90 Å². The first-order valence-corrected chi connectivity index (χ1v) is 20.7. The maximum atomic E-state index is 2.57. The van der Waals surface area contributed by atoms with E-state index < -0.39 is 0 Å². The Morgan fingerprint density at radius 1 is 0.537 bits per heavy atom. The van der Waals surface area contributed by atoms with Gasteiger partial charge in [-0.15, -0.1) is 11.3 Å². The zero-order valence-electron chi connectivity index (χ0n) is 33.9. The van der Waals surface area contributed by atoms with Crippen molar-refractivity contribution in [1.82, 2.24) is 0 Å². The first kappa shape index (κ1) is 35.1. The van der Waals surface area contributed by atoms with Gasteiger partial charge in [-0.3, -0.25) is 0 Å². The van der Waals surface area contributed by atoms with Crippen molar-refractivity contribution in [2.24, 2.45) is 0 Å².